The highest BCUT2D eigenvalue weighted by Gasteiger charge is 2.12. The zero-order chi connectivity index (χ0) is 20.8. The molecule has 4 nitrogen and oxygen atoms in total. The van der Waals surface area contributed by atoms with Gasteiger partial charge in [0.1, 0.15) is 12.4 Å². The summed E-state index contributed by atoms with van der Waals surface area (Å²) in [5, 5.41) is 3.65. The molecule has 0 spiro atoms. The molecule has 0 saturated carbocycles. The topological polar surface area (TPSA) is 41.6 Å². The van der Waals surface area contributed by atoms with Crippen LogP contribution in [0.2, 0.25) is 5.02 Å². The summed E-state index contributed by atoms with van der Waals surface area (Å²) in [6.45, 7) is 3.11. The summed E-state index contributed by atoms with van der Waals surface area (Å²) < 4.78 is 5.82. The molecule has 1 heterocycles. The molecule has 3 aromatic carbocycles. The van der Waals surface area contributed by atoms with Crippen molar-refractivity contribution in [2.75, 3.05) is 18.0 Å². The Bertz CT molecular complexity index is 998. The van der Waals surface area contributed by atoms with Gasteiger partial charge in [-0.25, -0.2) is 0 Å². The minimum Gasteiger partial charge on any atom is -0.489 e. The molecule has 1 fully saturated rings. The van der Waals surface area contributed by atoms with Gasteiger partial charge >= 0.3 is 0 Å². The third-order valence-electron chi connectivity index (χ3n) is 5.31. The fraction of sp³-hybridized carbons (Fsp3) is 0.240. The lowest BCUT2D eigenvalue weighted by molar-refractivity contribution is 0.0950. The number of amides is 1. The molecule has 1 aliphatic heterocycles. The van der Waals surface area contributed by atoms with Crippen LogP contribution in [-0.4, -0.2) is 19.0 Å². The summed E-state index contributed by atoms with van der Waals surface area (Å²) >= 11 is 6.17. The normalized spacial score (nSPS) is 13.3. The number of hydrogen-bond acceptors (Lipinski definition) is 3. The Balaban J connectivity index is 1.32. The van der Waals surface area contributed by atoms with Crippen molar-refractivity contribution in [3.8, 4) is 5.75 Å². The van der Waals surface area contributed by atoms with Crippen molar-refractivity contribution in [1.29, 1.82) is 0 Å². The van der Waals surface area contributed by atoms with Gasteiger partial charge in [0.05, 0.1) is 0 Å². The number of rotatable bonds is 7. The molecule has 1 amide bonds. The second kappa shape index (κ2) is 9.68. The average molecular weight is 421 g/mol. The maximum Gasteiger partial charge on any atom is 0.251 e. The van der Waals surface area contributed by atoms with Gasteiger partial charge in [0.15, 0.2) is 0 Å². The molecule has 0 unspecified atom stereocenters. The largest absolute Gasteiger partial charge is 0.489 e. The lowest BCUT2D eigenvalue weighted by Gasteiger charge is -2.17. The number of anilines is 1. The van der Waals surface area contributed by atoms with Gasteiger partial charge in [-0.05, 0) is 54.8 Å². The van der Waals surface area contributed by atoms with Crippen molar-refractivity contribution >= 4 is 23.2 Å². The zero-order valence-electron chi connectivity index (χ0n) is 16.8. The van der Waals surface area contributed by atoms with Gasteiger partial charge in [-0.1, -0.05) is 48.0 Å². The highest BCUT2D eigenvalue weighted by molar-refractivity contribution is 6.31. The summed E-state index contributed by atoms with van der Waals surface area (Å²) in [7, 11) is 0. The average Bonchev–Trinajstić information content (AvgIpc) is 3.32. The number of benzene rings is 3. The molecule has 0 bridgehead atoms. The van der Waals surface area contributed by atoms with Crippen LogP contribution >= 0.6 is 11.6 Å². The molecular formula is C25H25ClN2O2. The molecular weight excluding hydrogens is 396 g/mol. The van der Waals surface area contributed by atoms with E-state index in [4.69, 9.17) is 16.3 Å². The van der Waals surface area contributed by atoms with E-state index in [2.05, 4.69) is 34.5 Å². The number of carbonyl (C=O) groups is 1. The SMILES string of the molecule is O=C(NCc1ccc(N2CCCC2)cc1)c1cccc(OCc2ccccc2Cl)c1. The van der Waals surface area contributed by atoms with Crippen LogP contribution in [0.15, 0.2) is 72.8 Å². The van der Waals surface area contributed by atoms with E-state index >= 15 is 0 Å². The molecule has 30 heavy (non-hydrogen) atoms. The van der Waals surface area contributed by atoms with Crippen molar-refractivity contribution < 1.29 is 9.53 Å². The number of carbonyl (C=O) groups excluding carboxylic acids is 1. The van der Waals surface area contributed by atoms with Crippen molar-refractivity contribution in [1.82, 2.24) is 5.32 Å². The van der Waals surface area contributed by atoms with Gasteiger partial charge < -0.3 is 15.0 Å². The maximum atomic E-state index is 12.6. The first-order valence-electron chi connectivity index (χ1n) is 10.3. The summed E-state index contributed by atoms with van der Waals surface area (Å²) in [5.41, 5.74) is 3.81. The zero-order valence-corrected chi connectivity index (χ0v) is 17.6. The molecule has 0 aromatic heterocycles. The monoisotopic (exact) mass is 420 g/mol. The molecule has 0 radical (unpaired) electrons. The van der Waals surface area contributed by atoms with Gasteiger partial charge in [-0.2, -0.15) is 0 Å². The molecule has 0 atom stereocenters. The van der Waals surface area contributed by atoms with E-state index in [1.807, 2.05) is 36.4 Å². The minimum absolute atomic E-state index is 0.123. The lowest BCUT2D eigenvalue weighted by Crippen LogP contribution is -2.23. The van der Waals surface area contributed by atoms with Crippen LogP contribution in [0.5, 0.6) is 5.75 Å². The Morgan fingerprint density at radius 1 is 0.967 bits per heavy atom. The molecule has 1 N–H and O–H groups in total. The quantitative estimate of drug-likeness (QED) is 0.552. The standard InChI is InChI=1S/C25H25ClN2O2/c26-24-9-2-1-6-21(24)18-30-23-8-5-7-20(16-23)25(29)27-17-19-10-12-22(13-11-19)28-14-3-4-15-28/h1-2,5-13,16H,3-4,14-15,17-18H2,(H,27,29). The molecule has 1 saturated heterocycles. The number of halogens is 1. The fourth-order valence-electron chi connectivity index (χ4n) is 3.59. The second-order valence-corrected chi connectivity index (χ2v) is 7.86. The van der Waals surface area contributed by atoms with Gasteiger partial charge in [-0.15, -0.1) is 0 Å². The van der Waals surface area contributed by atoms with Crippen LogP contribution in [0.3, 0.4) is 0 Å². The molecule has 3 aromatic rings. The molecule has 5 heteroatoms. The number of nitrogens with one attached hydrogen (secondary N) is 1. The van der Waals surface area contributed by atoms with Crippen molar-refractivity contribution in [2.24, 2.45) is 0 Å². The van der Waals surface area contributed by atoms with Gasteiger partial charge in [-0.3, -0.25) is 4.79 Å². The van der Waals surface area contributed by atoms with Crippen LogP contribution in [-0.2, 0) is 13.2 Å². The van der Waals surface area contributed by atoms with Gasteiger partial charge in [0.2, 0.25) is 0 Å². The number of ether oxygens (including phenoxy) is 1. The van der Waals surface area contributed by atoms with Crippen molar-refractivity contribution in [2.45, 2.75) is 26.0 Å². The second-order valence-electron chi connectivity index (χ2n) is 7.45. The van der Waals surface area contributed by atoms with Crippen LogP contribution in [0.25, 0.3) is 0 Å². The Hall–Kier alpha value is -2.98. The van der Waals surface area contributed by atoms with Gasteiger partial charge in [0, 0.05) is 41.5 Å². The minimum atomic E-state index is -0.123. The summed E-state index contributed by atoms with van der Waals surface area (Å²) in [5.74, 6) is 0.513. The lowest BCUT2D eigenvalue weighted by atomic mass is 10.1. The Morgan fingerprint density at radius 3 is 2.50 bits per heavy atom. The summed E-state index contributed by atoms with van der Waals surface area (Å²) in [6, 6.07) is 23.2. The Labute approximate surface area is 182 Å². The van der Waals surface area contributed by atoms with Gasteiger partial charge in [0.25, 0.3) is 5.91 Å². The molecule has 0 aliphatic carbocycles. The first-order valence-corrected chi connectivity index (χ1v) is 10.7. The maximum absolute atomic E-state index is 12.6. The number of hydrogen-bond donors (Lipinski definition) is 1. The summed E-state index contributed by atoms with van der Waals surface area (Å²) in [6.07, 6.45) is 2.53. The third kappa shape index (κ3) is 5.14. The van der Waals surface area contributed by atoms with E-state index in [1.165, 1.54) is 18.5 Å². The first kappa shape index (κ1) is 20.3. The smallest absolute Gasteiger partial charge is 0.251 e. The molecule has 1 aliphatic rings. The van der Waals surface area contributed by atoms with Crippen LogP contribution in [0, 0.1) is 0 Å². The van der Waals surface area contributed by atoms with Crippen molar-refractivity contribution in [3.63, 3.8) is 0 Å². The van der Waals surface area contributed by atoms with Crippen LogP contribution in [0.1, 0.15) is 34.3 Å². The van der Waals surface area contributed by atoms with E-state index in [0.717, 1.165) is 24.2 Å². The molecule has 4 rings (SSSR count). The van der Waals surface area contributed by atoms with E-state index in [9.17, 15) is 4.79 Å². The summed E-state index contributed by atoms with van der Waals surface area (Å²) in [4.78, 5) is 15.0. The number of nitrogens with zero attached hydrogens (tertiary/aromatic N) is 1. The van der Waals surface area contributed by atoms with Crippen LogP contribution < -0.4 is 15.0 Å². The predicted octanol–water partition coefficient (Wildman–Crippen LogP) is 5.45. The fourth-order valence-corrected chi connectivity index (χ4v) is 3.78. The predicted molar refractivity (Wildman–Crippen MR) is 121 cm³/mol. The van der Waals surface area contributed by atoms with E-state index in [1.54, 1.807) is 12.1 Å². The van der Waals surface area contributed by atoms with E-state index in [0.29, 0.717) is 29.5 Å². The third-order valence-corrected chi connectivity index (χ3v) is 5.68. The highest BCUT2D eigenvalue weighted by Crippen LogP contribution is 2.21. The van der Waals surface area contributed by atoms with E-state index in [-0.39, 0.29) is 5.91 Å². The molecule has 154 valence electrons. The Morgan fingerprint density at radius 2 is 1.73 bits per heavy atom. The van der Waals surface area contributed by atoms with Crippen molar-refractivity contribution in [3.05, 3.63) is 94.5 Å². The van der Waals surface area contributed by atoms with E-state index < -0.39 is 0 Å². The Kier molecular flexibility index (Phi) is 6.55. The highest BCUT2D eigenvalue weighted by atomic mass is 35.5. The first-order chi connectivity index (χ1) is 14.7. The van der Waals surface area contributed by atoms with Crippen LogP contribution in [0.4, 0.5) is 5.69 Å².